The molecule has 1 atom stereocenters. The minimum atomic E-state index is -2.34. The predicted molar refractivity (Wildman–Crippen MR) is 112 cm³/mol. The summed E-state index contributed by atoms with van der Waals surface area (Å²) in [5, 5.41) is 0. The molecule has 0 radical (unpaired) electrons. The lowest BCUT2D eigenvalue weighted by Gasteiger charge is -2.12. The van der Waals surface area contributed by atoms with E-state index in [4.69, 9.17) is 9.47 Å². The van der Waals surface area contributed by atoms with Crippen molar-refractivity contribution in [2.45, 2.75) is 70.6 Å². The molecule has 0 bridgehead atoms. The van der Waals surface area contributed by atoms with E-state index in [1.54, 1.807) is 18.2 Å². The summed E-state index contributed by atoms with van der Waals surface area (Å²) in [6, 6.07) is 5.17. The average Bonchev–Trinajstić information content (AvgIpc) is 3.21. The maximum absolute atomic E-state index is 12.6. The van der Waals surface area contributed by atoms with Crippen LogP contribution in [0, 0.1) is 5.92 Å². The van der Waals surface area contributed by atoms with Crippen LogP contribution in [0.25, 0.3) is 0 Å². The lowest BCUT2D eigenvalue weighted by Crippen LogP contribution is -2.03. The number of unbranched alkanes of at least 4 members (excludes halogenated alkanes) is 5. The standard InChI is InChI=1S/C22H35O4P/c1-25-19-15-11-16-20(26-2)21(19)22(23)27(24)17-10-6-4-3-5-7-12-18-13-8-9-14-18/h11,15-16,18,27H,3-10,12-14,17H2,1-2H3. The van der Waals surface area contributed by atoms with Crippen molar-refractivity contribution < 1.29 is 18.8 Å². The zero-order valence-electron chi connectivity index (χ0n) is 16.9. The number of methoxy groups -OCH3 is 2. The third-order valence-electron chi connectivity index (χ3n) is 5.65. The maximum Gasteiger partial charge on any atom is 0.225 e. The van der Waals surface area contributed by atoms with E-state index < -0.39 is 7.80 Å². The van der Waals surface area contributed by atoms with E-state index >= 15 is 0 Å². The number of carbonyl (C=O) groups is 1. The van der Waals surface area contributed by atoms with Gasteiger partial charge in [0.15, 0.2) is 0 Å². The second kappa shape index (κ2) is 12.2. The van der Waals surface area contributed by atoms with Crippen LogP contribution >= 0.6 is 7.80 Å². The van der Waals surface area contributed by atoms with Gasteiger partial charge >= 0.3 is 0 Å². The molecule has 0 heterocycles. The van der Waals surface area contributed by atoms with Gasteiger partial charge in [0, 0.05) is 6.16 Å². The number of rotatable bonds is 13. The van der Waals surface area contributed by atoms with E-state index in [1.165, 1.54) is 72.0 Å². The second-order valence-corrected chi connectivity index (χ2v) is 9.40. The Morgan fingerprint density at radius 3 is 2.11 bits per heavy atom. The van der Waals surface area contributed by atoms with Gasteiger partial charge in [0.2, 0.25) is 5.52 Å². The first-order valence-electron chi connectivity index (χ1n) is 10.5. The Balaban J connectivity index is 1.64. The molecule has 1 aliphatic carbocycles. The zero-order chi connectivity index (χ0) is 19.5. The second-order valence-electron chi connectivity index (χ2n) is 7.60. The Kier molecular flexibility index (Phi) is 9.97. The molecule has 0 amide bonds. The summed E-state index contributed by atoms with van der Waals surface area (Å²) in [5.74, 6) is 1.86. The summed E-state index contributed by atoms with van der Waals surface area (Å²) in [6.45, 7) is 0. The van der Waals surface area contributed by atoms with Gasteiger partial charge in [-0.2, -0.15) is 0 Å². The lowest BCUT2D eigenvalue weighted by atomic mass is 9.99. The molecule has 0 aromatic heterocycles. The van der Waals surface area contributed by atoms with Gasteiger partial charge in [0.25, 0.3) is 0 Å². The van der Waals surface area contributed by atoms with Crippen LogP contribution in [0.5, 0.6) is 11.5 Å². The fourth-order valence-corrected chi connectivity index (χ4v) is 5.38. The summed E-state index contributed by atoms with van der Waals surface area (Å²) in [6.07, 6.45) is 14.6. The highest BCUT2D eigenvalue weighted by atomic mass is 31.1. The van der Waals surface area contributed by atoms with Crippen molar-refractivity contribution in [2.24, 2.45) is 5.92 Å². The molecule has 0 spiro atoms. The van der Waals surface area contributed by atoms with Crippen LogP contribution in [0.3, 0.4) is 0 Å². The Hall–Kier alpha value is -1.28. The first-order chi connectivity index (χ1) is 13.2. The monoisotopic (exact) mass is 394 g/mol. The molecule has 152 valence electrons. The van der Waals surface area contributed by atoms with Crippen molar-refractivity contribution in [1.82, 2.24) is 0 Å². The third kappa shape index (κ3) is 6.99. The molecule has 1 saturated carbocycles. The van der Waals surface area contributed by atoms with Gasteiger partial charge in [-0.15, -0.1) is 0 Å². The van der Waals surface area contributed by atoms with Crippen molar-refractivity contribution in [3.05, 3.63) is 23.8 Å². The van der Waals surface area contributed by atoms with Crippen LogP contribution in [0.4, 0.5) is 0 Å². The van der Waals surface area contributed by atoms with Crippen LogP contribution in [-0.2, 0) is 4.57 Å². The van der Waals surface area contributed by atoms with E-state index in [0.717, 1.165) is 18.8 Å². The molecule has 27 heavy (non-hydrogen) atoms. The highest BCUT2D eigenvalue weighted by Crippen LogP contribution is 2.38. The van der Waals surface area contributed by atoms with Crippen molar-refractivity contribution in [3.63, 3.8) is 0 Å². The molecule has 1 aromatic carbocycles. The summed E-state index contributed by atoms with van der Waals surface area (Å²) < 4.78 is 23.0. The third-order valence-corrected chi connectivity index (χ3v) is 7.21. The Bertz CT molecular complexity index is 586. The molecule has 1 unspecified atom stereocenters. The molecule has 5 heteroatoms. The van der Waals surface area contributed by atoms with Crippen LogP contribution in [0.15, 0.2) is 18.2 Å². The van der Waals surface area contributed by atoms with Gasteiger partial charge in [-0.05, 0) is 24.5 Å². The predicted octanol–water partition coefficient (Wildman–Crippen LogP) is 6.32. The lowest BCUT2D eigenvalue weighted by molar-refractivity contribution is 0.107. The van der Waals surface area contributed by atoms with E-state index in [9.17, 15) is 9.36 Å². The summed E-state index contributed by atoms with van der Waals surface area (Å²) in [5.41, 5.74) is -0.0100. The van der Waals surface area contributed by atoms with Gasteiger partial charge in [0.05, 0.1) is 14.2 Å². The molecule has 2 rings (SSSR count). The highest BCUT2D eigenvalue weighted by molar-refractivity contribution is 7.64. The number of carbonyl (C=O) groups excluding carboxylic acids is 1. The van der Waals surface area contributed by atoms with Crippen LogP contribution in [0.1, 0.15) is 81.0 Å². The Morgan fingerprint density at radius 1 is 0.963 bits per heavy atom. The smallest absolute Gasteiger partial charge is 0.225 e. The van der Waals surface area contributed by atoms with Crippen LogP contribution in [-0.4, -0.2) is 25.9 Å². The summed E-state index contributed by atoms with van der Waals surface area (Å²) in [7, 11) is 0.678. The van der Waals surface area contributed by atoms with E-state index in [1.807, 2.05) is 0 Å². The quantitative estimate of drug-likeness (QED) is 0.290. The Morgan fingerprint density at radius 2 is 1.52 bits per heavy atom. The van der Waals surface area contributed by atoms with Crippen molar-refractivity contribution >= 4 is 13.3 Å². The van der Waals surface area contributed by atoms with Gasteiger partial charge in [-0.1, -0.05) is 70.3 Å². The molecular weight excluding hydrogens is 359 g/mol. The number of benzene rings is 1. The van der Waals surface area contributed by atoms with Crippen LogP contribution in [0.2, 0.25) is 0 Å². The molecule has 0 aliphatic heterocycles. The molecule has 0 N–H and O–H groups in total. The van der Waals surface area contributed by atoms with E-state index in [-0.39, 0.29) is 5.52 Å². The zero-order valence-corrected chi connectivity index (χ0v) is 17.9. The summed E-state index contributed by atoms with van der Waals surface area (Å²) >= 11 is 0. The number of ether oxygens (including phenoxy) is 2. The first-order valence-corrected chi connectivity index (χ1v) is 12.1. The van der Waals surface area contributed by atoms with E-state index in [2.05, 4.69) is 0 Å². The fourth-order valence-electron chi connectivity index (χ4n) is 4.05. The van der Waals surface area contributed by atoms with Gasteiger partial charge in [-0.3, -0.25) is 4.79 Å². The molecule has 1 aromatic rings. The van der Waals surface area contributed by atoms with E-state index in [0.29, 0.717) is 23.2 Å². The minimum absolute atomic E-state index is 0.318. The SMILES string of the molecule is COc1cccc(OC)c1C(=O)[PH](=O)CCCCCCCCC1CCCC1. The minimum Gasteiger partial charge on any atom is -0.496 e. The first kappa shape index (κ1) is 22.0. The maximum atomic E-state index is 12.6. The molecular formula is C22H35O4P. The van der Waals surface area contributed by atoms with Crippen molar-refractivity contribution in [2.75, 3.05) is 20.4 Å². The normalized spacial score (nSPS) is 15.6. The summed E-state index contributed by atoms with van der Waals surface area (Å²) in [4.78, 5) is 12.6. The van der Waals surface area contributed by atoms with Crippen molar-refractivity contribution in [1.29, 1.82) is 0 Å². The van der Waals surface area contributed by atoms with Gasteiger partial charge in [-0.25, -0.2) is 0 Å². The highest BCUT2D eigenvalue weighted by Gasteiger charge is 2.22. The molecule has 4 nitrogen and oxygen atoms in total. The Labute approximate surface area is 164 Å². The fraction of sp³-hybridized carbons (Fsp3) is 0.682. The molecule has 1 fully saturated rings. The van der Waals surface area contributed by atoms with Crippen molar-refractivity contribution in [3.8, 4) is 11.5 Å². The molecule has 1 aliphatic rings. The number of hydrogen-bond donors (Lipinski definition) is 0. The van der Waals surface area contributed by atoms with Crippen LogP contribution < -0.4 is 9.47 Å². The average molecular weight is 394 g/mol. The van der Waals surface area contributed by atoms with Gasteiger partial charge < -0.3 is 14.0 Å². The molecule has 0 saturated heterocycles. The number of hydrogen-bond acceptors (Lipinski definition) is 4. The topological polar surface area (TPSA) is 52.6 Å². The largest absolute Gasteiger partial charge is 0.496 e. The van der Waals surface area contributed by atoms with Gasteiger partial charge in [0.1, 0.15) is 24.9 Å².